The molecule has 0 unspecified atom stereocenters. The van der Waals surface area contributed by atoms with Gasteiger partial charge in [0.15, 0.2) is 0 Å². The quantitative estimate of drug-likeness (QED) is 0.780. The first kappa shape index (κ1) is 14.5. The molecule has 4 heteroatoms. The van der Waals surface area contributed by atoms with Crippen LogP contribution in [0.5, 0.6) is 0 Å². The topological polar surface area (TPSA) is 51.0 Å². The van der Waals surface area contributed by atoms with Gasteiger partial charge in [-0.3, -0.25) is 0 Å². The Morgan fingerprint density at radius 3 is 2.64 bits per heavy atom. The summed E-state index contributed by atoms with van der Waals surface area (Å²) in [5.41, 5.74) is 4.69. The lowest BCUT2D eigenvalue weighted by Gasteiger charge is -2.05. The Hall–Kier alpha value is -2.46. The van der Waals surface area contributed by atoms with Gasteiger partial charge in [-0.25, -0.2) is 0 Å². The second-order valence-corrected chi connectivity index (χ2v) is 5.40. The van der Waals surface area contributed by atoms with Gasteiger partial charge < -0.3 is 9.73 Å². The molecule has 0 atom stereocenters. The molecule has 0 radical (unpaired) electrons. The Morgan fingerprint density at radius 2 is 1.82 bits per heavy atom. The highest BCUT2D eigenvalue weighted by atomic mass is 16.4. The number of aromatic nitrogens is 2. The Balaban J connectivity index is 1.62. The number of hydrogen-bond acceptors (Lipinski definition) is 4. The fourth-order valence-electron chi connectivity index (χ4n) is 2.33. The van der Waals surface area contributed by atoms with E-state index in [-0.39, 0.29) is 0 Å². The average Bonchev–Trinajstić information content (AvgIpc) is 2.98. The van der Waals surface area contributed by atoms with Gasteiger partial charge in [0.25, 0.3) is 0 Å². The lowest BCUT2D eigenvalue weighted by molar-refractivity contribution is 0.477. The SMILES string of the molecule is Cc1cccc(-c2nnc(CNCc3ccccc3C)o2)c1. The normalized spacial score (nSPS) is 10.8. The minimum absolute atomic E-state index is 0.563. The summed E-state index contributed by atoms with van der Waals surface area (Å²) in [6.07, 6.45) is 0. The van der Waals surface area contributed by atoms with E-state index < -0.39 is 0 Å². The van der Waals surface area contributed by atoms with Crippen LogP contribution in [-0.2, 0) is 13.1 Å². The molecule has 0 saturated heterocycles. The second-order valence-electron chi connectivity index (χ2n) is 5.40. The highest BCUT2D eigenvalue weighted by Gasteiger charge is 2.08. The lowest BCUT2D eigenvalue weighted by Crippen LogP contribution is -2.13. The maximum atomic E-state index is 5.71. The van der Waals surface area contributed by atoms with Crippen molar-refractivity contribution in [2.24, 2.45) is 0 Å². The highest BCUT2D eigenvalue weighted by molar-refractivity contribution is 5.53. The maximum absolute atomic E-state index is 5.71. The van der Waals surface area contributed by atoms with E-state index in [1.165, 1.54) is 16.7 Å². The number of benzene rings is 2. The largest absolute Gasteiger partial charge is 0.419 e. The summed E-state index contributed by atoms with van der Waals surface area (Å²) in [5.74, 6) is 1.17. The van der Waals surface area contributed by atoms with Crippen molar-refractivity contribution < 1.29 is 4.42 Å². The summed E-state index contributed by atoms with van der Waals surface area (Å²) in [5, 5.41) is 11.5. The first-order valence-corrected chi connectivity index (χ1v) is 7.37. The van der Waals surface area contributed by atoms with Gasteiger partial charge in [-0.2, -0.15) is 0 Å². The molecule has 112 valence electrons. The lowest BCUT2D eigenvalue weighted by atomic mass is 10.1. The Morgan fingerprint density at radius 1 is 0.955 bits per heavy atom. The molecule has 0 amide bonds. The molecule has 1 N–H and O–H groups in total. The van der Waals surface area contributed by atoms with E-state index in [2.05, 4.69) is 34.6 Å². The number of hydrogen-bond donors (Lipinski definition) is 1. The van der Waals surface area contributed by atoms with Gasteiger partial charge in [-0.1, -0.05) is 42.0 Å². The summed E-state index contributed by atoms with van der Waals surface area (Å²) in [4.78, 5) is 0. The van der Waals surface area contributed by atoms with Crippen molar-refractivity contribution >= 4 is 0 Å². The van der Waals surface area contributed by atoms with Crippen molar-refractivity contribution in [3.05, 3.63) is 71.1 Å². The molecule has 1 aromatic heterocycles. The van der Waals surface area contributed by atoms with Crippen molar-refractivity contribution in [2.45, 2.75) is 26.9 Å². The van der Waals surface area contributed by atoms with Crippen molar-refractivity contribution in [1.82, 2.24) is 15.5 Å². The predicted octanol–water partition coefficient (Wildman–Crippen LogP) is 3.64. The third-order valence-electron chi connectivity index (χ3n) is 3.58. The fraction of sp³-hybridized carbons (Fsp3) is 0.222. The second kappa shape index (κ2) is 6.54. The van der Waals surface area contributed by atoms with Gasteiger partial charge in [-0.15, -0.1) is 10.2 Å². The predicted molar refractivity (Wildman–Crippen MR) is 86.2 cm³/mol. The van der Waals surface area contributed by atoms with E-state index in [0.717, 1.165) is 12.1 Å². The fourth-order valence-corrected chi connectivity index (χ4v) is 2.33. The zero-order valence-electron chi connectivity index (χ0n) is 12.8. The van der Waals surface area contributed by atoms with Crippen LogP contribution in [0.4, 0.5) is 0 Å². The molecule has 0 aliphatic rings. The Kier molecular flexibility index (Phi) is 4.30. The molecule has 22 heavy (non-hydrogen) atoms. The summed E-state index contributed by atoms with van der Waals surface area (Å²) in [6, 6.07) is 16.4. The Labute approximate surface area is 130 Å². The van der Waals surface area contributed by atoms with Gasteiger partial charge in [0.1, 0.15) is 0 Å². The van der Waals surface area contributed by atoms with Crippen LogP contribution in [0.3, 0.4) is 0 Å². The molecule has 0 fully saturated rings. The summed E-state index contributed by atoms with van der Waals surface area (Å²) in [6.45, 7) is 5.51. The van der Waals surface area contributed by atoms with Crippen LogP contribution in [0.25, 0.3) is 11.5 Å². The highest BCUT2D eigenvalue weighted by Crippen LogP contribution is 2.18. The molecule has 0 saturated carbocycles. The van der Waals surface area contributed by atoms with E-state index in [1.54, 1.807) is 0 Å². The third kappa shape index (κ3) is 3.40. The number of nitrogens with one attached hydrogen (secondary N) is 1. The molecule has 0 bridgehead atoms. The first-order chi connectivity index (χ1) is 10.7. The van der Waals surface area contributed by atoms with E-state index in [0.29, 0.717) is 18.3 Å². The van der Waals surface area contributed by atoms with Crippen LogP contribution in [0.15, 0.2) is 52.9 Å². The van der Waals surface area contributed by atoms with Crippen molar-refractivity contribution in [2.75, 3.05) is 0 Å². The van der Waals surface area contributed by atoms with Gasteiger partial charge in [0.05, 0.1) is 6.54 Å². The first-order valence-electron chi connectivity index (χ1n) is 7.37. The smallest absolute Gasteiger partial charge is 0.247 e. The van der Waals surface area contributed by atoms with Crippen LogP contribution >= 0.6 is 0 Å². The van der Waals surface area contributed by atoms with Gasteiger partial charge in [-0.05, 0) is 37.1 Å². The molecule has 1 heterocycles. The molecular formula is C18H19N3O. The standard InChI is InChI=1S/C18H19N3O/c1-13-6-5-9-15(10-13)18-21-20-17(22-18)12-19-11-16-8-4-3-7-14(16)2/h3-10,19H,11-12H2,1-2H3. The molecule has 3 rings (SSSR count). The van der Waals surface area contributed by atoms with Crippen LogP contribution in [0.1, 0.15) is 22.6 Å². The number of aryl methyl sites for hydroxylation is 2. The number of rotatable bonds is 5. The number of nitrogens with zero attached hydrogens (tertiary/aromatic N) is 2. The molecule has 0 aliphatic carbocycles. The average molecular weight is 293 g/mol. The van der Waals surface area contributed by atoms with Crippen molar-refractivity contribution in [3.63, 3.8) is 0 Å². The monoisotopic (exact) mass is 293 g/mol. The van der Waals surface area contributed by atoms with Crippen LogP contribution in [0, 0.1) is 13.8 Å². The van der Waals surface area contributed by atoms with Gasteiger partial charge >= 0.3 is 0 Å². The van der Waals surface area contributed by atoms with Crippen molar-refractivity contribution in [3.8, 4) is 11.5 Å². The summed E-state index contributed by atoms with van der Waals surface area (Å²) >= 11 is 0. The van der Waals surface area contributed by atoms with Gasteiger partial charge in [0, 0.05) is 12.1 Å². The molecule has 2 aromatic carbocycles. The zero-order valence-corrected chi connectivity index (χ0v) is 12.8. The Bertz CT molecular complexity index is 764. The summed E-state index contributed by atoms with van der Waals surface area (Å²) in [7, 11) is 0. The van der Waals surface area contributed by atoms with E-state index >= 15 is 0 Å². The zero-order chi connectivity index (χ0) is 15.4. The maximum Gasteiger partial charge on any atom is 0.247 e. The summed E-state index contributed by atoms with van der Waals surface area (Å²) < 4.78 is 5.71. The van der Waals surface area contributed by atoms with E-state index in [1.807, 2.05) is 43.3 Å². The van der Waals surface area contributed by atoms with Crippen molar-refractivity contribution in [1.29, 1.82) is 0 Å². The molecule has 4 nitrogen and oxygen atoms in total. The van der Waals surface area contributed by atoms with Gasteiger partial charge in [0.2, 0.25) is 11.8 Å². The van der Waals surface area contributed by atoms with E-state index in [4.69, 9.17) is 4.42 Å². The molecule has 0 aliphatic heterocycles. The van der Waals surface area contributed by atoms with Crippen LogP contribution in [0.2, 0.25) is 0 Å². The van der Waals surface area contributed by atoms with Crippen LogP contribution < -0.4 is 5.32 Å². The molecular weight excluding hydrogens is 274 g/mol. The minimum Gasteiger partial charge on any atom is -0.419 e. The molecule has 3 aromatic rings. The molecule has 0 spiro atoms. The van der Waals surface area contributed by atoms with E-state index in [9.17, 15) is 0 Å². The minimum atomic E-state index is 0.563. The third-order valence-corrected chi connectivity index (χ3v) is 3.58. The van der Waals surface area contributed by atoms with Crippen LogP contribution in [-0.4, -0.2) is 10.2 Å².